The Morgan fingerprint density at radius 1 is 1.29 bits per heavy atom. The highest BCUT2D eigenvalue weighted by molar-refractivity contribution is 8.00. The number of hydrogen-bond acceptors (Lipinski definition) is 3. The lowest BCUT2D eigenvalue weighted by molar-refractivity contribution is -0.142. The van der Waals surface area contributed by atoms with E-state index < -0.39 is 23.5 Å². The third-order valence-corrected chi connectivity index (χ3v) is 4.43. The summed E-state index contributed by atoms with van der Waals surface area (Å²) >= 11 is 1.08. The average molecular weight is 315 g/mol. The number of carbonyl (C=O) groups is 2. The number of amides is 1. The molecule has 1 saturated carbocycles. The predicted octanol–water partition coefficient (Wildman–Crippen LogP) is 2.43. The summed E-state index contributed by atoms with van der Waals surface area (Å²) in [6.07, 6.45) is 1.99. The number of carboxylic acids is 1. The molecule has 0 saturated heterocycles. The van der Waals surface area contributed by atoms with Gasteiger partial charge in [0.1, 0.15) is 0 Å². The molecule has 0 unspecified atom stereocenters. The fourth-order valence-electron chi connectivity index (χ4n) is 2.39. The number of nitrogens with one attached hydrogen (secondary N) is 1. The second-order valence-electron chi connectivity index (χ2n) is 4.91. The fraction of sp³-hybridized carbons (Fsp3) is 0.429. The van der Waals surface area contributed by atoms with Crippen molar-refractivity contribution in [2.45, 2.75) is 30.2 Å². The number of hydrogen-bond donors (Lipinski definition) is 2. The van der Waals surface area contributed by atoms with Gasteiger partial charge in [-0.2, -0.15) is 0 Å². The topological polar surface area (TPSA) is 66.4 Å². The maximum atomic E-state index is 13.0. The van der Waals surface area contributed by atoms with Crippen molar-refractivity contribution in [3.05, 3.63) is 29.8 Å². The van der Waals surface area contributed by atoms with Crippen molar-refractivity contribution >= 4 is 23.6 Å². The van der Waals surface area contributed by atoms with Crippen molar-refractivity contribution in [3.63, 3.8) is 0 Å². The van der Waals surface area contributed by atoms with Gasteiger partial charge < -0.3 is 10.4 Å². The van der Waals surface area contributed by atoms with Gasteiger partial charge in [0.15, 0.2) is 11.6 Å². The van der Waals surface area contributed by atoms with Crippen molar-refractivity contribution in [3.8, 4) is 0 Å². The summed E-state index contributed by atoms with van der Waals surface area (Å²) < 4.78 is 25.8. The summed E-state index contributed by atoms with van der Waals surface area (Å²) in [7, 11) is 0. The molecule has 114 valence electrons. The van der Waals surface area contributed by atoms with E-state index in [1.54, 1.807) is 0 Å². The van der Waals surface area contributed by atoms with Gasteiger partial charge >= 0.3 is 5.97 Å². The molecule has 0 radical (unpaired) electrons. The number of rotatable bonds is 5. The first-order chi connectivity index (χ1) is 9.97. The minimum absolute atomic E-state index is 0.0356. The molecule has 2 rings (SSSR count). The van der Waals surface area contributed by atoms with Crippen molar-refractivity contribution in [2.24, 2.45) is 5.92 Å². The molecule has 2 atom stereocenters. The molecule has 0 heterocycles. The van der Waals surface area contributed by atoms with Crippen LogP contribution in [0, 0.1) is 17.6 Å². The van der Waals surface area contributed by atoms with E-state index in [-0.39, 0.29) is 17.7 Å². The first-order valence-electron chi connectivity index (χ1n) is 6.57. The SMILES string of the molecule is O=C(CSc1ccc(F)c(F)c1)N[C@H]1CCC[C@H]1C(=O)O. The molecular formula is C14H15F2NO3S. The Hall–Kier alpha value is -1.63. The number of benzene rings is 1. The van der Waals surface area contributed by atoms with E-state index >= 15 is 0 Å². The fourth-order valence-corrected chi connectivity index (χ4v) is 3.12. The molecule has 1 aromatic carbocycles. The normalized spacial score (nSPS) is 21.2. The largest absolute Gasteiger partial charge is 0.481 e. The van der Waals surface area contributed by atoms with Crippen molar-refractivity contribution < 1.29 is 23.5 Å². The molecule has 1 fully saturated rings. The van der Waals surface area contributed by atoms with Gasteiger partial charge in [-0.1, -0.05) is 6.42 Å². The van der Waals surface area contributed by atoms with E-state index in [1.807, 2.05) is 0 Å². The van der Waals surface area contributed by atoms with Gasteiger partial charge in [0.05, 0.1) is 11.7 Å². The Kier molecular flexibility index (Phi) is 5.17. The minimum atomic E-state index is -0.956. The number of thioether (sulfide) groups is 1. The lowest BCUT2D eigenvalue weighted by Gasteiger charge is -2.17. The molecule has 1 amide bonds. The standard InChI is InChI=1S/C14H15F2NO3S/c15-10-5-4-8(6-11(10)16)21-7-13(18)17-12-3-1-2-9(12)14(19)20/h4-6,9,12H,1-3,7H2,(H,17,18)(H,19,20)/t9-,12+/m1/s1. The van der Waals surface area contributed by atoms with E-state index in [2.05, 4.69) is 5.32 Å². The molecular weight excluding hydrogens is 300 g/mol. The summed E-state index contributed by atoms with van der Waals surface area (Å²) in [6.45, 7) is 0. The summed E-state index contributed by atoms with van der Waals surface area (Å²) in [6, 6.07) is 3.09. The third-order valence-electron chi connectivity index (χ3n) is 3.44. The third kappa shape index (κ3) is 4.17. The van der Waals surface area contributed by atoms with E-state index in [0.29, 0.717) is 17.7 Å². The minimum Gasteiger partial charge on any atom is -0.481 e. The Balaban J connectivity index is 1.84. The van der Waals surface area contributed by atoms with Crippen LogP contribution in [-0.4, -0.2) is 28.8 Å². The number of carbonyl (C=O) groups excluding carboxylic acids is 1. The van der Waals surface area contributed by atoms with Gasteiger partial charge in [-0.15, -0.1) is 11.8 Å². The van der Waals surface area contributed by atoms with Gasteiger partial charge in [-0.25, -0.2) is 8.78 Å². The zero-order chi connectivity index (χ0) is 15.4. The molecule has 1 aliphatic carbocycles. The van der Waals surface area contributed by atoms with E-state index in [4.69, 9.17) is 5.11 Å². The van der Waals surface area contributed by atoms with Crippen LogP contribution in [0.4, 0.5) is 8.78 Å². The molecule has 0 spiro atoms. The average Bonchev–Trinajstić information content (AvgIpc) is 2.88. The second kappa shape index (κ2) is 6.89. The number of halogens is 2. The number of aliphatic carboxylic acids is 1. The van der Waals surface area contributed by atoms with Crippen LogP contribution in [0.3, 0.4) is 0 Å². The van der Waals surface area contributed by atoms with Crippen LogP contribution >= 0.6 is 11.8 Å². The smallest absolute Gasteiger partial charge is 0.308 e. The Morgan fingerprint density at radius 2 is 2.05 bits per heavy atom. The highest BCUT2D eigenvalue weighted by atomic mass is 32.2. The molecule has 1 aromatic rings. The van der Waals surface area contributed by atoms with Crippen LogP contribution < -0.4 is 5.32 Å². The monoisotopic (exact) mass is 315 g/mol. The van der Waals surface area contributed by atoms with Crippen LogP contribution in [0.25, 0.3) is 0 Å². The molecule has 0 bridgehead atoms. The molecule has 7 heteroatoms. The maximum Gasteiger partial charge on any atom is 0.308 e. The quantitative estimate of drug-likeness (QED) is 0.819. The van der Waals surface area contributed by atoms with Gasteiger partial charge in [0.2, 0.25) is 5.91 Å². The van der Waals surface area contributed by atoms with Crippen LogP contribution in [-0.2, 0) is 9.59 Å². The molecule has 4 nitrogen and oxygen atoms in total. The van der Waals surface area contributed by atoms with Gasteiger partial charge in [-0.05, 0) is 31.0 Å². The van der Waals surface area contributed by atoms with E-state index in [9.17, 15) is 18.4 Å². The zero-order valence-electron chi connectivity index (χ0n) is 11.1. The first kappa shape index (κ1) is 15.8. The van der Waals surface area contributed by atoms with Crippen molar-refractivity contribution in [1.29, 1.82) is 0 Å². The summed E-state index contributed by atoms with van der Waals surface area (Å²) in [5.74, 6) is -3.59. The number of carboxylic acid groups (broad SMARTS) is 1. The molecule has 2 N–H and O–H groups in total. The summed E-state index contributed by atoms with van der Waals surface area (Å²) in [5.41, 5.74) is 0. The highest BCUT2D eigenvalue weighted by Gasteiger charge is 2.33. The van der Waals surface area contributed by atoms with Crippen LogP contribution in [0.5, 0.6) is 0 Å². The van der Waals surface area contributed by atoms with E-state index in [1.165, 1.54) is 6.07 Å². The molecule has 1 aliphatic rings. The van der Waals surface area contributed by atoms with Crippen molar-refractivity contribution in [1.82, 2.24) is 5.32 Å². The first-order valence-corrected chi connectivity index (χ1v) is 7.56. The Bertz CT molecular complexity index is 553. The lowest BCUT2D eigenvalue weighted by Crippen LogP contribution is -2.40. The second-order valence-corrected chi connectivity index (χ2v) is 5.96. The zero-order valence-corrected chi connectivity index (χ0v) is 12.0. The highest BCUT2D eigenvalue weighted by Crippen LogP contribution is 2.26. The molecule has 21 heavy (non-hydrogen) atoms. The van der Waals surface area contributed by atoms with Gasteiger partial charge in [-0.3, -0.25) is 9.59 Å². The van der Waals surface area contributed by atoms with Gasteiger partial charge in [0, 0.05) is 10.9 Å². The Morgan fingerprint density at radius 3 is 2.71 bits per heavy atom. The summed E-state index contributed by atoms with van der Waals surface area (Å²) in [5, 5.41) is 11.7. The maximum absolute atomic E-state index is 13.0. The van der Waals surface area contributed by atoms with E-state index in [0.717, 1.165) is 30.3 Å². The summed E-state index contributed by atoms with van der Waals surface area (Å²) in [4.78, 5) is 23.3. The van der Waals surface area contributed by atoms with Crippen LogP contribution in [0.2, 0.25) is 0 Å². The Labute approximate surface area is 124 Å². The van der Waals surface area contributed by atoms with Crippen molar-refractivity contribution in [2.75, 3.05) is 5.75 Å². The van der Waals surface area contributed by atoms with Crippen LogP contribution in [0.1, 0.15) is 19.3 Å². The lowest BCUT2D eigenvalue weighted by atomic mass is 10.0. The molecule has 0 aromatic heterocycles. The van der Waals surface area contributed by atoms with Crippen LogP contribution in [0.15, 0.2) is 23.1 Å². The predicted molar refractivity (Wildman–Crippen MR) is 74.0 cm³/mol. The van der Waals surface area contributed by atoms with Gasteiger partial charge in [0.25, 0.3) is 0 Å². The molecule has 0 aliphatic heterocycles.